The molecule has 0 saturated heterocycles. The minimum Gasteiger partial charge on any atom is -0.312 e. The van der Waals surface area contributed by atoms with Gasteiger partial charge in [-0.15, -0.1) is 0 Å². The third-order valence-electron chi connectivity index (χ3n) is 3.57. The molecule has 1 aliphatic rings. The Bertz CT molecular complexity index is 390. The van der Waals surface area contributed by atoms with Crippen LogP contribution in [0.5, 0.6) is 0 Å². The first-order chi connectivity index (χ1) is 8.39. The van der Waals surface area contributed by atoms with Gasteiger partial charge >= 0.3 is 6.18 Å². The van der Waals surface area contributed by atoms with E-state index in [0.717, 1.165) is 5.56 Å². The predicted molar refractivity (Wildman–Crippen MR) is 65.4 cm³/mol. The smallest absolute Gasteiger partial charge is 0.312 e. The number of hydrogen-bond acceptors (Lipinski definition) is 1. The van der Waals surface area contributed by atoms with E-state index in [2.05, 4.69) is 24.4 Å². The summed E-state index contributed by atoms with van der Waals surface area (Å²) in [6, 6.07) is 8.18. The zero-order chi connectivity index (χ0) is 13.2. The van der Waals surface area contributed by atoms with Crippen LogP contribution in [0.1, 0.15) is 37.3 Å². The summed E-state index contributed by atoms with van der Waals surface area (Å²) in [5.41, 5.74) is 2.72. The van der Waals surface area contributed by atoms with Gasteiger partial charge in [-0.05, 0) is 29.4 Å². The van der Waals surface area contributed by atoms with Crippen LogP contribution in [0.4, 0.5) is 13.2 Å². The number of alkyl halides is 3. The van der Waals surface area contributed by atoms with Crippen molar-refractivity contribution in [2.45, 2.75) is 44.3 Å². The van der Waals surface area contributed by atoms with Gasteiger partial charge < -0.3 is 5.32 Å². The maximum absolute atomic E-state index is 11.9. The zero-order valence-corrected chi connectivity index (χ0v) is 10.5. The molecular weight excluding hydrogens is 239 g/mol. The van der Waals surface area contributed by atoms with Crippen molar-refractivity contribution in [3.8, 4) is 0 Å². The molecule has 0 bridgehead atoms. The van der Waals surface area contributed by atoms with E-state index in [1.165, 1.54) is 18.4 Å². The minimum atomic E-state index is -4.07. The van der Waals surface area contributed by atoms with Gasteiger partial charge in [0.05, 0.1) is 6.42 Å². The molecule has 1 saturated carbocycles. The van der Waals surface area contributed by atoms with E-state index in [1.54, 1.807) is 0 Å². The zero-order valence-electron chi connectivity index (χ0n) is 10.5. The fourth-order valence-corrected chi connectivity index (χ4v) is 1.96. The van der Waals surface area contributed by atoms with Gasteiger partial charge in [-0.2, -0.15) is 13.2 Å². The van der Waals surface area contributed by atoms with Gasteiger partial charge in [0.2, 0.25) is 0 Å². The van der Waals surface area contributed by atoms with Gasteiger partial charge in [0.25, 0.3) is 0 Å². The maximum Gasteiger partial charge on any atom is 0.390 e. The molecular formula is C14H18F3N. The maximum atomic E-state index is 11.9. The fraction of sp³-hybridized carbons (Fsp3) is 0.571. The van der Waals surface area contributed by atoms with E-state index in [1.807, 2.05) is 12.1 Å². The third-order valence-corrected chi connectivity index (χ3v) is 3.57. The average Bonchev–Trinajstić information content (AvgIpc) is 3.04. The molecule has 1 N–H and O–H groups in total. The fourth-order valence-electron chi connectivity index (χ4n) is 1.96. The van der Waals surface area contributed by atoms with Crippen molar-refractivity contribution in [3.63, 3.8) is 0 Å². The van der Waals surface area contributed by atoms with Crippen LogP contribution in [0.2, 0.25) is 0 Å². The molecule has 1 aromatic rings. The molecule has 2 rings (SSSR count). The van der Waals surface area contributed by atoms with Gasteiger partial charge in [0.15, 0.2) is 0 Å². The number of rotatable bonds is 5. The van der Waals surface area contributed by atoms with Gasteiger partial charge in [0.1, 0.15) is 0 Å². The number of benzene rings is 1. The van der Waals surface area contributed by atoms with Crippen molar-refractivity contribution < 1.29 is 13.2 Å². The van der Waals surface area contributed by atoms with Crippen molar-refractivity contribution in [2.75, 3.05) is 6.54 Å². The standard InChI is InChI=1S/C14H18F3N/c1-13(6-7-13)12-4-2-11(3-5-12)10-18-9-8-14(15,16)17/h2-5,18H,6-10H2,1H3. The van der Waals surface area contributed by atoms with Crippen molar-refractivity contribution >= 4 is 0 Å². The topological polar surface area (TPSA) is 12.0 Å². The highest BCUT2D eigenvalue weighted by Gasteiger charge is 2.38. The SMILES string of the molecule is CC1(c2ccc(CNCCC(F)(F)F)cc2)CC1. The molecule has 100 valence electrons. The molecule has 1 nitrogen and oxygen atoms in total. The van der Waals surface area contributed by atoms with Gasteiger partial charge in [0, 0.05) is 13.1 Å². The molecule has 0 atom stereocenters. The van der Waals surface area contributed by atoms with Crippen molar-refractivity contribution in [3.05, 3.63) is 35.4 Å². The van der Waals surface area contributed by atoms with E-state index >= 15 is 0 Å². The summed E-state index contributed by atoms with van der Waals surface area (Å²) < 4.78 is 35.8. The van der Waals surface area contributed by atoms with E-state index in [9.17, 15) is 13.2 Å². The second-order valence-electron chi connectivity index (χ2n) is 5.30. The van der Waals surface area contributed by atoms with Gasteiger partial charge in [-0.1, -0.05) is 31.2 Å². The van der Waals surface area contributed by atoms with E-state index in [-0.39, 0.29) is 6.54 Å². The Morgan fingerprint density at radius 3 is 2.28 bits per heavy atom. The largest absolute Gasteiger partial charge is 0.390 e. The molecule has 0 aromatic heterocycles. The van der Waals surface area contributed by atoms with Crippen molar-refractivity contribution in [1.82, 2.24) is 5.32 Å². The summed E-state index contributed by atoms with van der Waals surface area (Å²) in [6.07, 6.45) is -2.38. The molecule has 0 aliphatic heterocycles. The molecule has 4 heteroatoms. The summed E-state index contributed by atoms with van der Waals surface area (Å²) in [7, 11) is 0. The monoisotopic (exact) mass is 257 g/mol. The van der Waals surface area contributed by atoms with Crippen LogP contribution in [0.3, 0.4) is 0 Å². The second-order valence-corrected chi connectivity index (χ2v) is 5.30. The van der Waals surface area contributed by atoms with E-state index < -0.39 is 12.6 Å². The molecule has 0 spiro atoms. The van der Waals surface area contributed by atoms with Crippen LogP contribution >= 0.6 is 0 Å². The quantitative estimate of drug-likeness (QED) is 0.791. The number of halogens is 3. The molecule has 18 heavy (non-hydrogen) atoms. The van der Waals surface area contributed by atoms with Crippen LogP contribution in [0.25, 0.3) is 0 Å². The first-order valence-electron chi connectivity index (χ1n) is 6.26. The molecule has 0 radical (unpaired) electrons. The third kappa shape index (κ3) is 3.73. The molecule has 1 aromatic carbocycles. The molecule has 0 unspecified atom stereocenters. The Morgan fingerprint density at radius 2 is 1.78 bits per heavy atom. The van der Waals surface area contributed by atoms with E-state index in [0.29, 0.717) is 12.0 Å². The minimum absolute atomic E-state index is 0.0248. The van der Waals surface area contributed by atoms with Crippen LogP contribution < -0.4 is 5.32 Å². The van der Waals surface area contributed by atoms with Crippen molar-refractivity contribution in [2.24, 2.45) is 0 Å². The molecule has 1 fully saturated rings. The lowest BCUT2D eigenvalue weighted by Gasteiger charge is -2.11. The summed E-state index contributed by atoms with van der Waals surface area (Å²) in [6.45, 7) is 2.71. The predicted octanol–water partition coefficient (Wildman–Crippen LogP) is 3.78. The number of nitrogens with one attached hydrogen (secondary N) is 1. The lowest BCUT2D eigenvalue weighted by molar-refractivity contribution is -0.133. The Hall–Kier alpha value is -1.03. The highest BCUT2D eigenvalue weighted by atomic mass is 19.4. The lowest BCUT2D eigenvalue weighted by atomic mass is 9.97. The molecule has 0 heterocycles. The van der Waals surface area contributed by atoms with Crippen LogP contribution in [-0.2, 0) is 12.0 Å². The Morgan fingerprint density at radius 1 is 1.17 bits per heavy atom. The Balaban J connectivity index is 1.77. The van der Waals surface area contributed by atoms with Crippen LogP contribution in [0.15, 0.2) is 24.3 Å². The molecule has 1 aliphatic carbocycles. The van der Waals surface area contributed by atoms with Crippen LogP contribution in [0, 0.1) is 0 Å². The number of hydrogen-bond donors (Lipinski definition) is 1. The average molecular weight is 257 g/mol. The van der Waals surface area contributed by atoms with E-state index in [4.69, 9.17) is 0 Å². The van der Waals surface area contributed by atoms with Gasteiger partial charge in [-0.3, -0.25) is 0 Å². The van der Waals surface area contributed by atoms with Crippen molar-refractivity contribution in [1.29, 1.82) is 0 Å². The second kappa shape index (κ2) is 4.92. The summed E-state index contributed by atoms with van der Waals surface area (Å²) in [4.78, 5) is 0. The highest BCUT2D eigenvalue weighted by Crippen LogP contribution is 2.47. The summed E-state index contributed by atoms with van der Waals surface area (Å²) in [5.74, 6) is 0. The first-order valence-corrected chi connectivity index (χ1v) is 6.26. The van der Waals surface area contributed by atoms with Crippen LogP contribution in [-0.4, -0.2) is 12.7 Å². The van der Waals surface area contributed by atoms with Gasteiger partial charge in [-0.25, -0.2) is 0 Å². The normalized spacial score (nSPS) is 17.8. The lowest BCUT2D eigenvalue weighted by Crippen LogP contribution is -2.21. The Labute approximate surface area is 105 Å². The summed E-state index contributed by atoms with van der Waals surface area (Å²) in [5, 5.41) is 2.81. The highest BCUT2D eigenvalue weighted by molar-refractivity contribution is 5.32. The first kappa shape index (κ1) is 13.4. The summed E-state index contributed by atoms with van der Waals surface area (Å²) >= 11 is 0. The molecule has 0 amide bonds. The Kier molecular flexibility index (Phi) is 3.66.